The van der Waals surface area contributed by atoms with E-state index in [1.54, 1.807) is 0 Å². The standard InChI is InChI=1S/C23H27N5O2S/c1-16-8-10-18(11-9-16)25-22(30)24-13-17-5-4-12-28(14-17)15-21(29)27-23-26-19-6-2-3-7-20(19)31-23/h2-3,6-11,17H,4-5,12-15H2,1H3,(H2,24,25,30)(H,26,27,29). The summed E-state index contributed by atoms with van der Waals surface area (Å²) in [4.78, 5) is 31.3. The number of likely N-dealkylation sites (tertiary alicyclic amines) is 1. The van der Waals surface area contributed by atoms with Crippen LogP contribution in [0.15, 0.2) is 48.5 Å². The lowest BCUT2D eigenvalue weighted by Crippen LogP contribution is -2.44. The fraction of sp³-hybridized carbons (Fsp3) is 0.348. The van der Waals surface area contributed by atoms with Crippen LogP contribution < -0.4 is 16.0 Å². The van der Waals surface area contributed by atoms with Crippen LogP contribution in [0.2, 0.25) is 0 Å². The topological polar surface area (TPSA) is 86.4 Å². The largest absolute Gasteiger partial charge is 0.338 e. The molecule has 3 N–H and O–H groups in total. The molecule has 1 saturated heterocycles. The van der Waals surface area contributed by atoms with Crippen LogP contribution in [0.4, 0.5) is 15.6 Å². The minimum absolute atomic E-state index is 0.0511. The molecule has 1 unspecified atom stereocenters. The van der Waals surface area contributed by atoms with Crippen molar-refractivity contribution >= 4 is 44.3 Å². The number of nitrogens with one attached hydrogen (secondary N) is 3. The van der Waals surface area contributed by atoms with E-state index in [0.717, 1.165) is 47.4 Å². The van der Waals surface area contributed by atoms with Gasteiger partial charge in [0.15, 0.2) is 5.13 Å². The van der Waals surface area contributed by atoms with Crippen LogP contribution in [0, 0.1) is 12.8 Å². The Morgan fingerprint density at radius 1 is 1.13 bits per heavy atom. The Bertz CT molecular complexity index is 1020. The molecule has 7 nitrogen and oxygen atoms in total. The summed E-state index contributed by atoms with van der Waals surface area (Å²) in [6, 6.07) is 15.4. The van der Waals surface area contributed by atoms with Gasteiger partial charge < -0.3 is 16.0 Å². The van der Waals surface area contributed by atoms with Crippen molar-refractivity contribution in [1.82, 2.24) is 15.2 Å². The van der Waals surface area contributed by atoms with Crippen molar-refractivity contribution in [3.63, 3.8) is 0 Å². The minimum Gasteiger partial charge on any atom is -0.338 e. The van der Waals surface area contributed by atoms with Gasteiger partial charge in [0.05, 0.1) is 16.8 Å². The molecule has 3 amide bonds. The Balaban J connectivity index is 1.22. The molecule has 1 aliphatic heterocycles. The summed E-state index contributed by atoms with van der Waals surface area (Å²) in [5.74, 6) is 0.276. The fourth-order valence-corrected chi connectivity index (χ4v) is 4.68. The van der Waals surface area contributed by atoms with Gasteiger partial charge in [-0.15, -0.1) is 0 Å². The Hall–Kier alpha value is -2.97. The van der Waals surface area contributed by atoms with E-state index in [2.05, 4.69) is 25.8 Å². The van der Waals surface area contributed by atoms with Crippen molar-refractivity contribution in [3.8, 4) is 0 Å². The number of carbonyl (C=O) groups excluding carboxylic acids is 2. The van der Waals surface area contributed by atoms with E-state index in [-0.39, 0.29) is 11.9 Å². The van der Waals surface area contributed by atoms with Gasteiger partial charge in [-0.1, -0.05) is 41.2 Å². The Morgan fingerprint density at radius 2 is 1.94 bits per heavy atom. The molecule has 31 heavy (non-hydrogen) atoms. The van der Waals surface area contributed by atoms with Crippen LogP contribution in [0.25, 0.3) is 10.2 Å². The zero-order chi connectivity index (χ0) is 21.6. The molecule has 0 radical (unpaired) electrons. The lowest BCUT2D eigenvalue weighted by molar-refractivity contribution is -0.117. The number of rotatable bonds is 6. The number of thiazole rings is 1. The summed E-state index contributed by atoms with van der Waals surface area (Å²) in [5.41, 5.74) is 2.83. The molecule has 0 saturated carbocycles. The number of anilines is 2. The molecule has 3 aromatic rings. The second-order valence-electron chi connectivity index (χ2n) is 7.98. The van der Waals surface area contributed by atoms with E-state index in [0.29, 0.717) is 24.1 Å². The first-order valence-corrected chi connectivity index (χ1v) is 11.4. The molecular weight excluding hydrogens is 410 g/mol. The van der Waals surface area contributed by atoms with E-state index < -0.39 is 0 Å². The minimum atomic E-state index is -0.199. The number of piperidine rings is 1. The second-order valence-corrected chi connectivity index (χ2v) is 9.01. The molecule has 2 aromatic carbocycles. The monoisotopic (exact) mass is 437 g/mol. The fourth-order valence-electron chi connectivity index (χ4n) is 3.80. The number of aromatic nitrogens is 1. The molecular formula is C23H27N5O2S. The number of amides is 3. The van der Waals surface area contributed by atoms with E-state index in [9.17, 15) is 9.59 Å². The highest BCUT2D eigenvalue weighted by molar-refractivity contribution is 7.22. The second kappa shape index (κ2) is 9.89. The lowest BCUT2D eigenvalue weighted by atomic mass is 9.98. The predicted octanol–water partition coefficient (Wildman–Crippen LogP) is 4.08. The average Bonchev–Trinajstić information content (AvgIpc) is 3.16. The van der Waals surface area contributed by atoms with Gasteiger partial charge in [0.25, 0.3) is 0 Å². The first-order valence-electron chi connectivity index (χ1n) is 10.5. The van der Waals surface area contributed by atoms with Gasteiger partial charge in [-0.2, -0.15) is 0 Å². The summed E-state index contributed by atoms with van der Waals surface area (Å²) in [7, 11) is 0. The number of nitrogens with zero attached hydrogens (tertiary/aromatic N) is 2. The number of fused-ring (bicyclic) bond motifs is 1. The van der Waals surface area contributed by atoms with Gasteiger partial charge in [0.1, 0.15) is 0 Å². The van der Waals surface area contributed by atoms with Crippen LogP contribution in [0.5, 0.6) is 0 Å². The van der Waals surface area contributed by atoms with Crippen LogP contribution in [0.1, 0.15) is 18.4 Å². The SMILES string of the molecule is Cc1ccc(NC(=O)NCC2CCCN(CC(=O)Nc3nc4ccccc4s3)C2)cc1. The van der Waals surface area contributed by atoms with Crippen LogP contribution in [-0.4, -0.2) is 48.0 Å². The van der Waals surface area contributed by atoms with Gasteiger partial charge in [-0.3, -0.25) is 9.69 Å². The third-order valence-corrected chi connectivity index (χ3v) is 6.32. The van der Waals surface area contributed by atoms with E-state index in [1.807, 2.05) is 55.5 Å². The Kier molecular flexibility index (Phi) is 6.79. The molecule has 8 heteroatoms. The molecule has 0 bridgehead atoms. The number of para-hydroxylation sites is 1. The predicted molar refractivity (Wildman–Crippen MR) is 126 cm³/mol. The van der Waals surface area contributed by atoms with E-state index >= 15 is 0 Å². The highest BCUT2D eigenvalue weighted by atomic mass is 32.1. The van der Waals surface area contributed by atoms with Crippen LogP contribution in [0.3, 0.4) is 0 Å². The van der Waals surface area contributed by atoms with Crippen molar-refractivity contribution in [1.29, 1.82) is 0 Å². The summed E-state index contributed by atoms with van der Waals surface area (Å²) < 4.78 is 1.06. The molecule has 1 fully saturated rings. The van der Waals surface area contributed by atoms with Gasteiger partial charge in [-0.25, -0.2) is 9.78 Å². The summed E-state index contributed by atoms with van der Waals surface area (Å²) in [6.45, 7) is 4.62. The normalized spacial score (nSPS) is 16.7. The van der Waals surface area contributed by atoms with Crippen molar-refractivity contribution in [2.45, 2.75) is 19.8 Å². The third-order valence-electron chi connectivity index (χ3n) is 5.37. The van der Waals surface area contributed by atoms with E-state index in [4.69, 9.17) is 0 Å². The zero-order valence-corrected chi connectivity index (χ0v) is 18.4. The average molecular weight is 438 g/mol. The molecule has 2 heterocycles. The number of urea groups is 1. The van der Waals surface area contributed by atoms with Gasteiger partial charge >= 0.3 is 6.03 Å². The van der Waals surface area contributed by atoms with Gasteiger partial charge in [0.2, 0.25) is 5.91 Å². The molecule has 0 spiro atoms. The van der Waals surface area contributed by atoms with Crippen LogP contribution in [-0.2, 0) is 4.79 Å². The maximum atomic E-state index is 12.5. The van der Waals surface area contributed by atoms with Crippen molar-refractivity contribution in [2.24, 2.45) is 5.92 Å². The van der Waals surface area contributed by atoms with Gasteiger partial charge in [-0.05, 0) is 56.5 Å². The summed E-state index contributed by atoms with van der Waals surface area (Å²) in [6.07, 6.45) is 2.06. The smallest absolute Gasteiger partial charge is 0.319 e. The first kappa shape index (κ1) is 21.3. The van der Waals surface area contributed by atoms with Gasteiger partial charge in [0, 0.05) is 18.8 Å². The van der Waals surface area contributed by atoms with E-state index in [1.165, 1.54) is 11.3 Å². The molecule has 1 atom stereocenters. The highest BCUT2D eigenvalue weighted by Gasteiger charge is 2.22. The Morgan fingerprint density at radius 3 is 2.74 bits per heavy atom. The number of hydrogen-bond acceptors (Lipinski definition) is 5. The quantitative estimate of drug-likeness (QED) is 0.542. The number of benzene rings is 2. The Labute approximate surface area is 185 Å². The molecule has 1 aromatic heterocycles. The number of hydrogen-bond donors (Lipinski definition) is 3. The molecule has 162 valence electrons. The summed E-state index contributed by atoms with van der Waals surface area (Å²) >= 11 is 1.48. The zero-order valence-electron chi connectivity index (χ0n) is 17.6. The molecule has 1 aliphatic rings. The summed E-state index contributed by atoms with van der Waals surface area (Å²) in [5, 5.41) is 9.37. The lowest BCUT2D eigenvalue weighted by Gasteiger charge is -2.32. The van der Waals surface area contributed by atoms with Crippen molar-refractivity contribution in [2.75, 3.05) is 36.8 Å². The number of carbonyl (C=O) groups is 2. The maximum Gasteiger partial charge on any atom is 0.319 e. The highest BCUT2D eigenvalue weighted by Crippen LogP contribution is 2.25. The maximum absolute atomic E-state index is 12.5. The molecule has 4 rings (SSSR count). The van der Waals surface area contributed by atoms with Crippen molar-refractivity contribution in [3.05, 3.63) is 54.1 Å². The van der Waals surface area contributed by atoms with Crippen molar-refractivity contribution < 1.29 is 9.59 Å². The molecule has 0 aliphatic carbocycles. The third kappa shape index (κ3) is 6.02. The first-order chi connectivity index (χ1) is 15.0. The number of aryl methyl sites for hydroxylation is 1. The van der Waals surface area contributed by atoms with Crippen LogP contribution >= 0.6 is 11.3 Å².